The van der Waals surface area contributed by atoms with Crippen molar-refractivity contribution in [3.63, 3.8) is 0 Å². The van der Waals surface area contributed by atoms with Crippen molar-refractivity contribution in [2.45, 2.75) is 58.5 Å². The first-order valence-electron chi connectivity index (χ1n) is 13.6. The lowest BCUT2D eigenvalue weighted by atomic mass is 9.92. The van der Waals surface area contributed by atoms with Crippen molar-refractivity contribution in [2.24, 2.45) is 5.92 Å². The standard InChI is InChI=1S/C28H38N6O6/c1-18(2)15-34(26(35)25-29-22-10-6-7-11-23(22)33(25)12-8-9-13-38-5)21-14-20(24-30-27(36)40-31-24)16-32(17-21)28(37)39-19(3)4/h6-7,10-11,18,20-21H,3,8-9,12-17H2,1-2,4-5H3,(H,30,31,36)/t20-,21+/m1/s1. The lowest BCUT2D eigenvalue weighted by Gasteiger charge is -2.42. The number of allylic oxidation sites excluding steroid dienone is 1. The largest absolute Gasteiger partial charge is 0.438 e. The number of imidazole rings is 1. The van der Waals surface area contributed by atoms with Crippen LogP contribution in [0.15, 0.2) is 45.9 Å². The van der Waals surface area contributed by atoms with E-state index in [0.29, 0.717) is 37.8 Å². The molecule has 40 heavy (non-hydrogen) atoms. The van der Waals surface area contributed by atoms with Gasteiger partial charge < -0.3 is 23.8 Å². The van der Waals surface area contributed by atoms with Gasteiger partial charge in [-0.15, -0.1) is 0 Å². The summed E-state index contributed by atoms with van der Waals surface area (Å²) in [5, 5.41) is 3.87. The van der Waals surface area contributed by atoms with Gasteiger partial charge in [-0.05, 0) is 44.2 Å². The van der Waals surface area contributed by atoms with Gasteiger partial charge in [-0.1, -0.05) is 37.7 Å². The molecule has 1 aliphatic rings. The summed E-state index contributed by atoms with van der Waals surface area (Å²) in [6.07, 6.45) is 1.57. The molecule has 4 rings (SSSR count). The number of unbranched alkanes of at least 4 members (excludes halogenated alkanes) is 1. The number of carbonyl (C=O) groups is 2. The predicted octanol–water partition coefficient (Wildman–Crippen LogP) is 3.77. The minimum atomic E-state index is -0.675. The Balaban J connectivity index is 1.70. The van der Waals surface area contributed by atoms with Gasteiger partial charge in [0.15, 0.2) is 11.6 Å². The highest BCUT2D eigenvalue weighted by atomic mass is 16.6. The maximum Gasteiger partial charge on any atom is 0.438 e. The van der Waals surface area contributed by atoms with E-state index >= 15 is 0 Å². The maximum atomic E-state index is 14.3. The number of likely N-dealkylation sites (tertiary alicyclic amines) is 1. The number of para-hydroxylation sites is 2. The van der Waals surface area contributed by atoms with Crippen LogP contribution in [0.1, 0.15) is 62.4 Å². The van der Waals surface area contributed by atoms with E-state index in [1.807, 2.05) is 42.7 Å². The number of amides is 2. The molecular formula is C28H38N6O6. The van der Waals surface area contributed by atoms with Crippen LogP contribution in [0.5, 0.6) is 0 Å². The van der Waals surface area contributed by atoms with Crippen LogP contribution >= 0.6 is 0 Å². The Morgan fingerprint density at radius 2 is 2.02 bits per heavy atom. The average molecular weight is 555 g/mol. The number of carbonyl (C=O) groups excluding carboxylic acids is 2. The number of aromatic nitrogens is 4. The summed E-state index contributed by atoms with van der Waals surface area (Å²) in [7, 11) is 1.67. The van der Waals surface area contributed by atoms with Crippen molar-refractivity contribution in [1.29, 1.82) is 0 Å². The Kier molecular flexibility index (Phi) is 9.41. The van der Waals surface area contributed by atoms with Crippen LogP contribution in [0, 0.1) is 5.92 Å². The van der Waals surface area contributed by atoms with E-state index < -0.39 is 17.9 Å². The van der Waals surface area contributed by atoms with Crippen LogP contribution in [0.2, 0.25) is 0 Å². The number of piperidine rings is 1. The van der Waals surface area contributed by atoms with Gasteiger partial charge in [0.25, 0.3) is 5.91 Å². The molecule has 2 atom stereocenters. The number of H-pyrrole nitrogens is 1. The highest BCUT2D eigenvalue weighted by molar-refractivity contribution is 5.95. The molecule has 0 unspecified atom stereocenters. The first-order chi connectivity index (χ1) is 19.2. The van der Waals surface area contributed by atoms with Gasteiger partial charge in [-0.2, -0.15) is 0 Å². The first kappa shape index (κ1) is 29.1. The smallest absolute Gasteiger partial charge is 0.416 e. The zero-order chi connectivity index (χ0) is 28.8. The quantitative estimate of drug-likeness (QED) is 0.280. The normalized spacial score (nSPS) is 17.4. The number of methoxy groups -OCH3 is 1. The van der Waals surface area contributed by atoms with Crippen LogP contribution in [0.3, 0.4) is 0 Å². The minimum Gasteiger partial charge on any atom is -0.416 e. The molecule has 3 heterocycles. The molecule has 12 heteroatoms. The first-order valence-corrected chi connectivity index (χ1v) is 13.6. The van der Waals surface area contributed by atoms with Crippen molar-refractivity contribution >= 4 is 23.0 Å². The molecule has 0 saturated carbocycles. The van der Waals surface area contributed by atoms with E-state index in [0.717, 1.165) is 23.9 Å². The number of hydrogen-bond donors (Lipinski definition) is 1. The minimum absolute atomic E-state index is 0.145. The number of nitrogens with zero attached hydrogens (tertiary/aromatic N) is 5. The summed E-state index contributed by atoms with van der Waals surface area (Å²) in [6, 6.07) is 7.31. The molecular weight excluding hydrogens is 516 g/mol. The van der Waals surface area contributed by atoms with Crippen LogP contribution in [-0.2, 0) is 16.0 Å². The SMILES string of the molecule is C=C(C)OC(=O)N1C[C@H](c2noc(=O)[nH]2)C[C@H](N(CC(C)C)C(=O)c2nc3ccccc3n2CCCCOC)C1. The van der Waals surface area contributed by atoms with E-state index in [1.165, 1.54) is 4.90 Å². The van der Waals surface area contributed by atoms with Crippen LogP contribution in [-0.4, -0.2) is 80.9 Å². The molecule has 0 bridgehead atoms. The highest BCUT2D eigenvalue weighted by Crippen LogP contribution is 2.30. The molecule has 12 nitrogen and oxygen atoms in total. The second-order valence-electron chi connectivity index (χ2n) is 10.7. The van der Waals surface area contributed by atoms with Crippen molar-refractivity contribution in [1.82, 2.24) is 29.5 Å². The third kappa shape index (κ3) is 6.79. The van der Waals surface area contributed by atoms with Crippen LogP contribution in [0.4, 0.5) is 4.79 Å². The molecule has 1 saturated heterocycles. The van der Waals surface area contributed by atoms with Crippen molar-refractivity contribution in [3.05, 3.63) is 58.8 Å². The van der Waals surface area contributed by atoms with Gasteiger partial charge in [-0.25, -0.2) is 14.6 Å². The van der Waals surface area contributed by atoms with Crippen molar-refractivity contribution in [2.75, 3.05) is 33.4 Å². The Morgan fingerprint density at radius 3 is 2.70 bits per heavy atom. The van der Waals surface area contributed by atoms with Gasteiger partial charge in [0.2, 0.25) is 0 Å². The molecule has 1 aliphatic heterocycles. The number of rotatable bonds is 11. The van der Waals surface area contributed by atoms with Crippen molar-refractivity contribution in [3.8, 4) is 0 Å². The van der Waals surface area contributed by atoms with Crippen LogP contribution in [0.25, 0.3) is 11.0 Å². The molecule has 3 aromatic rings. The third-order valence-corrected chi connectivity index (χ3v) is 6.88. The number of ether oxygens (including phenoxy) is 2. The zero-order valence-electron chi connectivity index (χ0n) is 23.6. The Morgan fingerprint density at radius 1 is 1.25 bits per heavy atom. The summed E-state index contributed by atoms with van der Waals surface area (Å²) in [5.41, 5.74) is 1.64. The summed E-state index contributed by atoms with van der Waals surface area (Å²) >= 11 is 0. The van der Waals surface area contributed by atoms with Crippen LogP contribution < -0.4 is 5.76 Å². The maximum absolute atomic E-state index is 14.3. The number of hydrogen-bond acceptors (Lipinski definition) is 8. The summed E-state index contributed by atoms with van der Waals surface area (Å²) in [5.74, 6) is -0.187. The predicted molar refractivity (Wildman–Crippen MR) is 148 cm³/mol. The molecule has 0 radical (unpaired) electrons. The highest BCUT2D eigenvalue weighted by Gasteiger charge is 2.39. The number of aryl methyl sites for hydroxylation is 1. The van der Waals surface area contributed by atoms with E-state index in [-0.39, 0.29) is 36.6 Å². The van der Waals surface area contributed by atoms with Crippen molar-refractivity contribution < 1.29 is 23.6 Å². The monoisotopic (exact) mass is 554 g/mol. The Hall–Kier alpha value is -3.93. The fourth-order valence-electron chi connectivity index (χ4n) is 5.18. The molecule has 1 fully saturated rings. The molecule has 1 aromatic carbocycles. The molecule has 0 spiro atoms. The second kappa shape index (κ2) is 12.9. The average Bonchev–Trinajstić information content (AvgIpc) is 3.52. The molecule has 0 aliphatic carbocycles. The van der Waals surface area contributed by atoms with E-state index in [4.69, 9.17) is 19.0 Å². The molecule has 216 valence electrons. The Labute approximate surface area is 232 Å². The molecule has 2 amide bonds. The zero-order valence-corrected chi connectivity index (χ0v) is 23.6. The van der Waals surface area contributed by atoms with Gasteiger partial charge in [0.05, 0.1) is 22.8 Å². The number of aromatic amines is 1. The number of nitrogens with one attached hydrogen (secondary N) is 1. The number of benzene rings is 1. The Bertz CT molecular complexity index is 1390. The van der Waals surface area contributed by atoms with Gasteiger partial charge in [-0.3, -0.25) is 14.3 Å². The lowest BCUT2D eigenvalue weighted by Crippen LogP contribution is -2.55. The number of fused-ring (bicyclic) bond motifs is 1. The van der Waals surface area contributed by atoms with Gasteiger partial charge in [0.1, 0.15) is 0 Å². The molecule has 2 aromatic heterocycles. The third-order valence-electron chi connectivity index (χ3n) is 6.88. The summed E-state index contributed by atoms with van der Waals surface area (Å²) < 4.78 is 17.2. The lowest BCUT2D eigenvalue weighted by molar-refractivity contribution is 0.0434. The summed E-state index contributed by atoms with van der Waals surface area (Å²) in [6.45, 7) is 11.5. The summed E-state index contributed by atoms with van der Waals surface area (Å²) in [4.78, 5) is 49.7. The second-order valence-corrected chi connectivity index (χ2v) is 10.7. The van der Waals surface area contributed by atoms with Gasteiger partial charge in [0, 0.05) is 45.8 Å². The fraction of sp³-hybridized carbons (Fsp3) is 0.536. The van der Waals surface area contributed by atoms with E-state index in [1.54, 1.807) is 18.9 Å². The van der Waals surface area contributed by atoms with E-state index in [9.17, 15) is 14.4 Å². The van der Waals surface area contributed by atoms with Gasteiger partial charge >= 0.3 is 11.8 Å². The topological polar surface area (TPSA) is 136 Å². The molecule has 1 N–H and O–H groups in total. The van der Waals surface area contributed by atoms with E-state index in [2.05, 4.69) is 16.7 Å². The fourth-order valence-corrected chi connectivity index (χ4v) is 5.18.